The van der Waals surface area contributed by atoms with Crippen LogP contribution >= 0.6 is 0 Å². The minimum absolute atomic E-state index is 0.125. The number of amides is 2. The first kappa shape index (κ1) is 22.0. The Morgan fingerprint density at radius 1 is 1.06 bits per heavy atom. The Kier molecular flexibility index (Phi) is 6.82. The van der Waals surface area contributed by atoms with Crippen molar-refractivity contribution in [1.82, 2.24) is 10.2 Å². The highest BCUT2D eigenvalue weighted by molar-refractivity contribution is 6.11. The summed E-state index contributed by atoms with van der Waals surface area (Å²) >= 11 is 0. The highest BCUT2D eigenvalue weighted by Crippen LogP contribution is 2.39. The normalized spacial score (nSPS) is 18.3. The van der Waals surface area contributed by atoms with Crippen LogP contribution in [0, 0.1) is 0 Å². The number of fused-ring (bicyclic) bond motifs is 2. The van der Waals surface area contributed by atoms with Gasteiger partial charge in [0.15, 0.2) is 6.10 Å². The van der Waals surface area contributed by atoms with E-state index < -0.39 is 12.1 Å². The van der Waals surface area contributed by atoms with Crippen LogP contribution in [0.25, 0.3) is 0 Å². The molecule has 0 spiro atoms. The van der Waals surface area contributed by atoms with Gasteiger partial charge in [-0.05, 0) is 12.1 Å². The van der Waals surface area contributed by atoms with E-state index in [0.29, 0.717) is 42.1 Å². The number of anilines is 1. The zero-order chi connectivity index (χ0) is 22.5. The fraction of sp³-hybridized carbons (Fsp3) is 0.375. The lowest BCUT2D eigenvalue weighted by atomic mass is 9.97. The van der Waals surface area contributed by atoms with Crippen LogP contribution in [0.4, 0.5) is 5.69 Å². The Bertz CT molecular complexity index is 1000. The Morgan fingerprint density at radius 2 is 1.75 bits per heavy atom. The van der Waals surface area contributed by atoms with Gasteiger partial charge in [-0.25, -0.2) is 0 Å². The van der Waals surface area contributed by atoms with E-state index in [4.69, 9.17) is 9.47 Å². The van der Waals surface area contributed by atoms with Gasteiger partial charge in [0.25, 0.3) is 5.91 Å². The molecule has 8 heteroatoms. The zero-order valence-electron chi connectivity index (χ0n) is 18.1. The van der Waals surface area contributed by atoms with Gasteiger partial charge in [0.1, 0.15) is 6.54 Å². The molecule has 2 aromatic rings. The third-order valence-electron chi connectivity index (χ3n) is 5.67. The van der Waals surface area contributed by atoms with Crippen LogP contribution in [0.15, 0.2) is 48.5 Å². The van der Waals surface area contributed by atoms with Crippen molar-refractivity contribution in [3.63, 3.8) is 0 Å². The lowest BCUT2D eigenvalue weighted by molar-refractivity contribution is -0.144. The molecule has 4 rings (SSSR count). The van der Waals surface area contributed by atoms with Crippen LogP contribution in [-0.4, -0.2) is 68.6 Å². The summed E-state index contributed by atoms with van der Waals surface area (Å²) in [5, 5.41) is 2.92. The van der Waals surface area contributed by atoms with E-state index in [0.717, 1.165) is 19.6 Å². The van der Waals surface area contributed by atoms with Crippen LogP contribution in [0.1, 0.15) is 34.5 Å². The number of hydrogen-bond donors (Lipinski definition) is 1. The lowest BCUT2D eigenvalue weighted by Gasteiger charge is -2.27. The minimum atomic E-state index is -0.724. The Balaban J connectivity index is 1.56. The van der Waals surface area contributed by atoms with Gasteiger partial charge in [0.2, 0.25) is 5.91 Å². The second-order valence-corrected chi connectivity index (χ2v) is 7.83. The van der Waals surface area contributed by atoms with E-state index in [1.807, 2.05) is 12.1 Å². The van der Waals surface area contributed by atoms with Gasteiger partial charge >= 0.3 is 5.97 Å². The van der Waals surface area contributed by atoms with Gasteiger partial charge < -0.3 is 14.8 Å². The van der Waals surface area contributed by atoms with Crippen molar-refractivity contribution in [2.45, 2.75) is 13.0 Å². The van der Waals surface area contributed by atoms with Gasteiger partial charge in [-0.15, -0.1) is 0 Å². The summed E-state index contributed by atoms with van der Waals surface area (Å²) in [6, 6.07) is 14.3. The number of nitrogens with one attached hydrogen (secondary N) is 1. The van der Waals surface area contributed by atoms with Crippen molar-refractivity contribution in [3.8, 4) is 0 Å². The Hall–Kier alpha value is -3.23. The molecule has 0 aliphatic carbocycles. The third kappa shape index (κ3) is 4.81. The predicted molar refractivity (Wildman–Crippen MR) is 118 cm³/mol. The number of hydrogen-bond acceptors (Lipinski definition) is 6. The number of morpholine rings is 1. The maximum Gasteiger partial charge on any atom is 0.303 e. The Morgan fingerprint density at radius 3 is 2.50 bits per heavy atom. The summed E-state index contributed by atoms with van der Waals surface area (Å²) in [6.45, 7) is 5.56. The van der Waals surface area contributed by atoms with Crippen LogP contribution < -0.4 is 10.2 Å². The summed E-state index contributed by atoms with van der Waals surface area (Å²) in [5.74, 6) is -0.989. The molecule has 1 N–H and O–H groups in total. The molecular weight excluding hydrogens is 410 g/mol. The molecule has 8 nitrogen and oxygen atoms in total. The predicted octanol–water partition coefficient (Wildman–Crippen LogP) is 1.75. The fourth-order valence-corrected chi connectivity index (χ4v) is 4.13. The van der Waals surface area contributed by atoms with E-state index in [9.17, 15) is 14.4 Å². The smallest absolute Gasteiger partial charge is 0.303 e. The molecular formula is C24H27N3O5. The quantitative estimate of drug-likeness (QED) is 0.693. The van der Waals surface area contributed by atoms with Crippen molar-refractivity contribution in [3.05, 3.63) is 65.2 Å². The number of benzene rings is 2. The number of carbonyl (C=O) groups excluding carboxylic acids is 3. The molecule has 2 heterocycles. The second kappa shape index (κ2) is 9.93. The highest BCUT2D eigenvalue weighted by atomic mass is 16.5. The number of esters is 1. The summed E-state index contributed by atoms with van der Waals surface area (Å²) in [7, 11) is 0. The third-order valence-corrected chi connectivity index (χ3v) is 5.67. The molecule has 0 radical (unpaired) electrons. The molecule has 1 atom stereocenters. The maximum absolute atomic E-state index is 13.5. The molecule has 2 aromatic carbocycles. The standard InChI is InChI=1S/C24H27N3O5/c1-17(28)32-23-18-6-2-3-7-19(18)24(30)27(21-9-5-4-8-20(21)23)16-22(29)25-10-11-26-12-14-31-15-13-26/h2-9,23H,10-16H2,1H3,(H,25,29). The SMILES string of the molecule is CC(=O)OC1c2ccccc2C(=O)N(CC(=O)NCCN2CCOCC2)c2ccccc21. The van der Waals surface area contributed by atoms with E-state index in [-0.39, 0.29) is 18.4 Å². The molecule has 1 saturated heterocycles. The van der Waals surface area contributed by atoms with E-state index in [1.54, 1.807) is 36.4 Å². The number of nitrogens with zero attached hydrogens (tertiary/aromatic N) is 2. The van der Waals surface area contributed by atoms with E-state index >= 15 is 0 Å². The summed E-state index contributed by atoms with van der Waals surface area (Å²) in [6.07, 6.45) is -0.724. The van der Waals surface area contributed by atoms with E-state index in [2.05, 4.69) is 10.2 Å². The first-order chi connectivity index (χ1) is 15.5. The lowest BCUT2D eigenvalue weighted by Crippen LogP contribution is -2.45. The molecule has 2 amide bonds. The maximum atomic E-state index is 13.5. The summed E-state index contributed by atoms with van der Waals surface area (Å²) in [4.78, 5) is 41.8. The average Bonchev–Trinajstić information content (AvgIpc) is 2.89. The van der Waals surface area contributed by atoms with Crippen molar-refractivity contribution < 1.29 is 23.9 Å². The van der Waals surface area contributed by atoms with Crippen LogP contribution in [0.2, 0.25) is 0 Å². The largest absolute Gasteiger partial charge is 0.453 e. The molecule has 0 saturated carbocycles. The molecule has 2 aliphatic heterocycles. The number of carbonyl (C=O) groups is 3. The van der Waals surface area contributed by atoms with Crippen molar-refractivity contribution in [2.75, 3.05) is 50.8 Å². The Labute approximate surface area is 187 Å². The van der Waals surface area contributed by atoms with Crippen molar-refractivity contribution in [1.29, 1.82) is 0 Å². The summed E-state index contributed by atoms with van der Waals surface area (Å²) in [5.41, 5.74) is 2.25. The van der Waals surface area contributed by atoms with Gasteiger partial charge in [0.05, 0.1) is 18.9 Å². The molecule has 168 valence electrons. The minimum Gasteiger partial charge on any atom is -0.453 e. The average molecular weight is 437 g/mol. The molecule has 32 heavy (non-hydrogen) atoms. The molecule has 1 unspecified atom stereocenters. The van der Waals surface area contributed by atoms with Gasteiger partial charge in [-0.1, -0.05) is 36.4 Å². The van der Waals surface area contributed by atoms with E-state index in [1.165, 1.54) is 11.8 Å². The molecule has 0 bridgehead atoms. The van der Waals surface area contributed by atoms with Gasteiger partial charge in [-0.2, -0.15) is 0 Å². The fourth-order valence-electron chi connectivity index (χ4n) is 4.13. The molecule has 2 aliphatic rings. The topological polar surface area (TPSA) is 88.2 Å². The number of ether oxygens (including phenoxy) is 2. The molecule has 0 aromatic heterocycles. The highest BCUT2D eigenvalue weighted by Gasteiger charge is 2.34. The van der Waals surface area contributed by atoms with Crippen LogP contribution in [-0.2, 0) is 19.1 Å². The van der Waals surface area contributed by atoms with Crippen LogP contribution in [0.3, 0.4) is 0 Å². The van der Waals surface area contributed by atoms with Crippen LogP contribution in [0.5, 0.6) is 0 Å². The van der Waals surface area contributed by atoms with Crippen molar-refractivity contribution in [2.24, 2.45) is 0 Å². The van der Waals surface area contributed by atoms with Crippen molar-refractivity contribution >= 4 is 23.5 Å². The second-order valence-electron chi connectivity index (χ2n) is 7.83. The summed E-state index contributed by atoms with van der Waals surface area (Å²) < 4.78 is 11.0. The first-order valence-corrected chi connectivity index (χ1v) is 10.8. The molecule has 1 fully saturated rings. The number of para-hydroxylation sites is 1. The monoisotopic (exact) mass is 437 g/mol. The zero-order valence-corrected chi connectivity index (χ0v) is 18.1. The first-order valence-electron chi connectivity index (χ1n) is 10.8. The van der Waals surface area contributed by atoms with Gasteiger partial charge in [-0.3, -0.25) is 24.2 Å². The number of rotatable bonds is 6. The van der Waals surface area contributed by atoms with Gasteiger partial charge in [0, 0.05) is 49.8 Å².